The normalized spacial score (nSPS) is 11.8. The average Bonchev–Trinajstić information content (AvgIpc) is 2.99. The van der Waals surface area contributed by atoms with Gasteiger partial charge in [-0.2, -0.15) is 5.26 Å². The van der Waals surface area contributed by atoms with Gasteiger partial charge in [0.2, 0.25) is 5.91 Å². The lowest BCUT2D eigenvalue weighted by Gasteiger charge is -2.09. The highest BCUT2D eigenvalue weighted by Gasteiger charge is 2.26. The van der Waals surface area contributed by atoms with Gasteiger partial charge in [0.1, 0.15) is 10.8 Å². The number of anilines is 1. The zero-order chi connectivity index (χ0) is 17.9. The van der Waals surface area contributed by atoms with E-state index in [2.05, 4.69) is 10.3 Å². The Labute approximate surface area is 143 Å². The van der Waals surface area contributed by atoms with Crippen LogP contribution in [-0.4, -0.2) is 16.7 Å². The molecular weight excluding hydrogens is 329 g/mol. The summed E-state index contributed by atoms with van der Waals surface area (Å²) in [5.41, 5.74) is 0.876. The highest BCUT2D eigenvalue weighted by molar-refractivity contribution is 7.10. The fraction of sp³-hybridized carbons (Fsp3) is 0.294. The standard InChI is InChI=1S/C17H16FN3O2S/c1-9(2)15-8-24-17(21-15)12(7-19)16(23)11-4-5-13(18)14(6-11)20-10(3)22/h4-6,8-9,12H,1-3H3,(H,20,22). The zero-order valence-corrected chi connectivity index (χ0v) is 14.3. The Morgan fingerprint density at radius 1 is 1.38 bits per heavy atom. The predicted molar refractivity (Wildman–Crippen MR) is 89.6 cm³/mol. The molecule has 0 aliphatic rings. The third kappa shape index (κ3) is 3.84. The number of aromatic nitrogens is 1. The van der Waals surface area contributed by atoms with E-state index in [0.29, 0.717) is 5.01 Å². The van der Waals surface area contributed by atoms with Crippen molar-refractivity contribution in [1.82, 2.24) is 4.98 Å². The number of hydrogen-bond donors (Lipinski definition) is 1. The number of Topliss-reactive ketones (excluding diaryl/α,β-unsaturated/α-hetero) is 1. The van der Waals surface area contributed by atoms with Crippen molar-refractivity contribution in [2.75, 3.05) is 5.32 Å². The summed E-state index contributed by atoms with van der Waals surface area (Å²) in [5, 5.41) is 13.9. The fourth-order valence-electron chi connectivity index (χ4n) is 2.06. The molecule has 1 aromatic heterocycles. The van der Waals surface area contributed by atoms with Gasteiger partial charge in [-0.3, -0.25) is 9.59 Å². The van der Waals surface area contributed by atoms with Gasteiger partial charge in [0.15, 0.2) is 11.7 Å². The Morgan fingerprint density at radius 3 is 2.62 bits per heavy atom. The Kier molecular flexibility index (Phi) is 5.42. The Hall–Kier alpha value is -2.59. The highest BCUT2D eigenvalue weighted by atomic mass is 32.1. The molecule has 1 heterocycles. The van der Waals surface area contributed by atoms with Gasteiger partial charge in [-0.25, -0.2) is 9.37 Å². The minimum absolute atomic E-state index is 0.0907. The first-order chi connectivity index (χ1) is 11.3. The van der Waals surface area contributed by atoms with Gasteiger partial charge in [-0.15, -0.1) is 11.3 Å². The first-order valence-corrected chi connectivity index (χ1v) is 8.17. The van der Waals surface area contributed by atoms with Crippen LogP contribution in [-0.2, 0) is 4.79 Å². The molecule has 7 heteroatoms. The van der Waals surface area contributed by atoms with Crippen LogP contribution in [0.2, 0.25) is 0 Å². The number of rotatable bonds is 5. The number of halogens is 1. The lowest BCUT2D eigenvalue weighted by atomic mass is 9.98. The van der Waals surface area contributed by atoms with Gasteiger partial charge in [0.05, 0.1) is 17.5 Å². The van der Waals surface area contributed by atoms with Crippen LogP contribution < -0.4 is 5.32 Å². The third-order valence-corrected chi connectivity index (χ3v) is 4.26. The zero-order valence-electron chi connectivity index (χ0n) is 13.5. The SMILES string of the molecule is CC(=O)Nc1cc(C(=O)C(C#N)c2nc(C(C)C)cs2)ccc1F. The minimum Gasteiger partial charge on any atom is -0.324 e. The summed E-state index contributed by atoms with van der Waals surface area (Å²) < 4.78 is 13.7. The number of carbonyl (C=O) groups excluding carboxylic acids is 2. The molecule has 1 N–H and O–H groups in total. The lowest BCUT2D eigenvalue weighted by Crippen LogP contribution is -2.13. The number of nitrogens with one attached hydrogen (secondary N) is 1. The molecular formula is C17H16FN3O2S. The molecule has 1 atom stereocenters. The molecule has 5 nitrogen and oxygen atoms in total. The van der Waals surface area contributed by atoms with Crippen molar-refractivity contribution in [3.63, 3.8) is 0 Å². The van der Waals surface area contributed by atoms with Gasteiger partial charge in [0, 0.05) is 17.9 Å². The topological polar surface area (TPSA) is 82.9 Å². The predicted octanol–water partition coefficient (Wildman–Crippen LogP) is 3.85. The molecule has 0 fully saturated rings. The van der Waals surface area contributed by atoms with E-state index >= 15 is 0 Å². The molecule has 1 unspecified atom stereocenters. The van der Waals surface area contributed by atoms with E-state index in [4.69, 9.17) is 0 Å². The lowest BCUT2D eigenvalue weighted by molar-refractivity contribution is -0.114. The van der Waals surface area contributed by atoms with Crippen molar-refractivity contribution in [1.29, 1.82) is 5.26 Å². The molecule has 0 spiro atoms. The number of nitriles is 1. The molecule has 24 heavy (non-hydrogen) atoms. The number of ketones is 1. The summed E-state index contributed by atoms with van der Waals surface area (Å²) in [6.45, 7) is 5.19. The van der Waals surface area contributed by atoms with Gasteiger partial charge in [0.25, 0.3) is 0 Å². The number of nitrogens with zero attached hydrogens (tertiary/aromatic N) is 2. The van der Waals surface area contributed by atoms with Crippen LogP contribution in [0.1, 0.15) is 53.7 Å². The van der Waals surface area contributed by atoms with Crippen molar-refractivity contribution in [2.45, 2.75) is 32.6 Å². The van der Waals surface area contributed by atoms with Crippen molar-refractivity contribution >= 4 is 28.7 Å². The minimum atomic E-state index is -1.06. The first kappa shape index (κ1) is 17.8. The molecule has 0 aliphatic carbocycles. The number of benzene rings is 1. The van der Waals surface area contributed by atoms with E-state index in [9.17, 15) is 19.2 Å². The maximum atomic E-state index is 13.7. The van der Waals surface area contributed by atoms with Crippen molar-refractivity contribution in [3.8, 4) is 6.07 Å². The van der Waals surface area contributed by atoms with E-state index in [-0.39, 0.29) is 17.2 Å². The van der Waals surface area contributed by atoms with Crippen LogP contribution in [0.25, 0.3) is 0 Å². The summed E-state index contributed by atoms with van der Waals surface area (Å²) in [5.74, 6) is -2.43. The van der Waals surface area contributed by atoms with Crippen molar-refractivity contribution in [2.24, 2.45) is 0 Å². The van der Waals surface area contributed by atoms with E-state index in [0.717, 1.165) is 11.8 Å². The third-order valence-electron chi connectivity index (χ3n) is 3.33. The molecule has 124 valence electrons. The Morgan fingerprint density at radius 2 is 2.08 bits per heavy atom. The molecule has 2 rings (SSSR count). The van der Waals surface area contributed by atoms with Gasteiger partial charge in [-0.05, 0) is 24.1 Å². The van der Waals surface area contributed by atoms with Crippen LogP contribution in [0.5, 0.6) is 0 Å². The number of amides is 1. The molecule has 0 bridgehead atoms. The summed E-state index contributed by atoms with van der Waals surface area (Å²) in [6, 6.07) is 5.58. The van der Waals surface area contributed by atoms with Gasteiger partial charge in [-0.1, -0.05) is 13.8 Å². The average molecular weight is 345 g/mol. The summed E-state index contributed by atoms with van der Waals surface area (Å²) >= 11 is 1.25. The van der Waals surface area contributed by atoms with Crippen molar-refractivity contribution < 1.29 is 14.0 Å². The molecule has 0 saturated heterocycles. The van der Waals surface area contributed by atoms with Crippen LogP contribution in [0.15, 0.2) is 23.6 Å². The summed E-state index contributed by atoms with van der Waals surface area (Å²) in [7, 11) is 0. The van der Waals surface area contributed by atoms with Gasteiger partial charge >= 0.3 is 0 Å². The molecule has 0 aliphatic heterocycles. The van der Waals surface area contributed by atoms with E-state index in [1.807, 2.05) is 25.3 Å². The molecule has 1 amide bonds. The fourth-order valence-corrected chi connectivity index (χ4v) is 3.08. The second-order valence-electron chi connectivity index (χ2n) is 5.57. The largest absolute Gasteiger partial charge is 0.324 e. The smallest absolute Gasteiger partial charge is 0.221 e. The molecule has 2 aromatic rings. The van der Waals surface area contributed by atoms with Crippen LogP contribution in [0.4, 0.5) is 10.1 Å². The monoisotopic (exact) mass is 345 g/mol. The summed E-state index contributed by atoms with van der Waals surface area (Å²) in [6.07, 6.45) is 0. The first-order valence-electron chi connectivity index (χ1n) is 7.29. The molecule has 0 saturated carbocycles. The molecule has 0 radical (unpaired) electrons. The Balaban J connectivity index is 2.34. The summed E-state index contributed by atoms with van der Waals surface area (Å²) in [4.78, 5) is 28.1. The number of thiazole rings is 1. The van der Waals surface area contributed by atoms with Crippen LogP contribution in [0, 0.1) is 17.1 Å². The quantitative estimate of drug-likeness (QED) is 0.834. The second kappa shape index (κ2) is 7.32. The van der Waals surface area contributed by atoms with E-state index < -0.39 is 23.4 Å². The van der Waals surface area contributed by atoms with Crippen molar-refractivity contribution in [3.05, 3.63) is 45.7 Å². The van der Waals surface area contributed by atoms with Crippen LogP contribution >= 0.6 is 11.3 Å². The highest BCUT2D eigenvalue weighted by Crippen LogP contribution is 2.28. The Bertz CT molecular complexity index is 823. The number of hydrogen-bond acceptors (Lipinski definition) is 5. The number of carbonyl (C=O) groups is 2. The van der Waals surface area contributed by atoms with Crippen LogP contribution in [0.3, 0.4) is 0 Å². The molecule has 1 aromatic carbocycles. The van der Waals surface area contributed by atoms with E-state index in [1.54, 1.807) is 0 Å². The second-order valence-corrected chi connectivity index (χ2v) is 6.46. The van der Waals surface area contributed by atoms with E-state index in [1.165, 1.54) is 30.4 Å². The van der Waals surface area contributed by atoms with Gasteiger partial charge < -0.3 is 5.32 Å². The maximum Gasteiger partial charge on any atom is 0.221 e. The maximum absolute atomic E-state index is 13.7.